The van der Waals surface area contributed by atoms with E-state index < -0.39 is 0 Å². The molecule has 1 unspecified atom stereocenters. The number of hydrogen-bond acceptors (Lipinski definition) is 4. The maximum absolute atomic E-state index is 5.57. The van der Waals surface area contributed by atoms with Crippen LogP contribution in [0, 0.1) is 0 Å². The van der Waals surface area contributed by atoms with Gasteiger partial charge in [0.25, 0.3) is 0 Å². The fourth-order valence-corrected chi connectivity index (χ4v) is 2.50. The van der Waals surface area contributed by atoms with Crippen molar-refractivity contribution >= 4 is 23.0 Å². The Morgan fingerprint density at radius 2 is 2.33 bits per heavy atom. The number of piperidine rings is 1. The molecule has 0 saturated carbocycles. The molecule has 1 fully saturated rings. The number of hydrogen-bond donors (Lipinski definition) is 1. The van der Waals surface area contributed by atoms with Gasteiger partial charge in [-0.3, -0.25) is 0 Å². The third-order valence-corrected chi connectivity index (χ3v) is 3.78. The molecule has 1 aliphatic rings. The summed E-state index contributed by atoms with van der Waals surface area (Å²) in [4.78, 5) is 9.46. The third-order valence-electron chi connectivity index (χ3n) is 3.54. The lowest BCUT2D eigenvalue weighted by molar-refractivity contribution is 0.247. The van der Waals surface area contributed by atoms with Crippen LogP contribution in [0.25, 0.3) is 0 Å². The highest BCUT2D eigenvalue weighted by Crippen LogP contribution is 2.19. The van der Waals surface area contributed by atoms with Crippen molar-refractivity contribution in [2.75, 3.05) is 32.1 Å². The quantitative estimate of drug-likeness (QED) is 0.832. The molecule has 1 aromatic heterocycles. The van der Waals surface area contributed by atoms with E-state index in [1.165, 1.54) is 19.4 Å². The van der Waals surface area contributed by atoms with Crippen LogP contribution in [0.2, 0.25) is 0 Å². The first-order valence-electron chi connectivity index (χ1n) is 6.25. The van der Waals surface area contributed by atoms with Gasteiger partial charge in [0.1, 0.15) is 10.8 Å². The SMILES string of the molecule is CN1CCCC(N(C)c2ccc(C(N)=S)cn2)C1. The number of rotatable bonds is 3. The fourth-order valence-electron chi connectivity index (χ4n) is 2.38. The summed E-state index contributed by atoms with van der Waals surface area (Å²) in [5.74, 6) is 0.982. The Labute approximate surface area is 114 Å². The van der Waals surface area contributed by atoms with E-state index >= 15 is 0 Å². The largest absolute Gasteiger partial charge is 0.389 e. The van der Waals surface area contributed by atoms with Gasteiger partial charge in [0.2, 0.25) is 0 Å². The van der Waals surface area contributed by atoms with Crippen molar-refractivity contribution in [3.63, 3.8) is 0 Å². The highest BCUT2D eigenvalue weighted by Gasteiger charge is 2.21. The number of likely N-dealkylation sites (N-methyl/N-ethyl adjacent to an activating group) is 2. The Balaban J connectivity index is 2.08. The molecule has 1 aromatic rings. The van der Waals surface area contributed by atoms with E-state index in [1.54, 1.807) is 6.20 Å². The summed E-state index contributed by atoms with van der Waals surface area (Å²) in [6.07, 6.45) is 4.22. The van der Waals surface area contributed by atoms with E-state index in [-0.39, 0.29) is 0 Å². The molecule has 0 radical (unpaired) electrons. The third kappa shape index (κ3) is 2.97. The molecule has 18 heavy (non-hydrogen) atoms. The average Bonchev–Trinajstić information content (AvgIpc) is 2.38. The van der Waals surface area contributed by atoms with Crippen molar-refractivity contribution in [3.8, 4) is 0 Å². The maximum Gasteiger partial charge on any atom is 0.128 e. The fraction of sp³-hybridized carbons (Fsp3) is 0.538. The van der Waals surface area contributed by atoms with Crippen LogP contribution >= 0.6 is 12.2 Å². The van der Waals surface area contributed by atoms with E-state index in [1.807, 2.05) is 12.1 Å². The van der Waals surface area contributed by atoms with Gasteiger partial charge in [-0.25, -0.2) is 4.98 Å². The second-order valence-corrected chi connectivity index (χ2v) is 5.38. The van der Waals surface area contributed by atoms with E-state index in [0.29, 0.717) is 11.0 Å². The first kappa shape index (κ1) is 13.2. The zero-order chi connectivity index (χ0) is 13.1. The predicted molar refractivity (Wildman–Crippen MR) is 79.0 cm³/mol. The first-order chi connectivity index (χ1) is 8.58. The number of aromatic nitrogens is 1. The van der Waals surface area contributed by atoms with Crippen molar-refractivity contribution in [2.45, 2.75) is 18.9 Å². The smallest absolute Gasteiger partial charge is 0.128 e. The molecule has 2 rings (SSSR count). The van der Waals surface area contributed by atoms with Crippen LogP contribution in [0.1, 0.15) is 18.4 Å². The summed E-state index contributed by atoms with van der Waals surface area (Å²) in [6.45, 7) is 2.29. The van der Waals surface area contributed by atoms with Gasteiger partial charge in [-0.1, -0.05) is 12.2 Å². The molecule has 2 N–H and O–H groups in total. The van der Waals surface area contributed by atoms with Crippen molar-refractivity contribution < 1.29 is 0 Å². The Hall–Kier alpha value is -1.20. The number of nitrogens with zero attached hydrogens (tertiary/aromatic N) is 3. The molecular formula is C13H20N4S. The minimum Gasteiger partial charge on any atom is -0.389 e. The Morgan fingerprint density at radius 1 is 1.56 bits per heavy atom. The number of anilines is 1. The van der Waals surface area contributed by atoms with Crippen molar-refractivity contribution in [1.29, 1.82) is 0 Å². The summed E-state index contributed by atoms with van der Waals surface area (Å²) in [7, 11) is 4.27. The summed E-state index contributed by atoms with van der Waals surface area (Å²) in [6, 6.07) is 4.46. The van der Waals surface area contributed by atoms with Gasteiger partial charge in [-0.05, 0) is 38.6 Å². The Kier molecular flexibility index (Phi) is 4.14. The number of likely N-dealkylation sites (tertiary alicyclic amines) is 1. The van der Waals surface area contributed by atoms with Crippen LogP contribution in [0.5, 0.6) is 0 Å². The minimum absolute atomic E-state index is 0.397. The minimum atomic E-state index is 0.397. The average molecular weight is 264 g/mol. The van der Waals surface area contributed by atoms with E-state index in [2.05, 4.69) is 28.9 Å². The first-order valence-corrected chi connectivity index (χ1v) is 6.66. The summed E-state index contributed by atoms with van der Waals surface area (Å²) < 4.78 is 0. The molecule has 0 amide bonds. The van der Waals surface area contributed by atoms with Crippen molar-refractivity contribution in [1.82, 2.24) is 9.88 Å². The van der Waals surface area contributed by atoms with E-state index in [9.17, 15) is 0 Å². The lowest BCUT2D eigenvalue weighted by Gasteiger charge is -2.36. The molecule has 2 heterocycles. The van der Waals surface area contributed by atoms with Crippen LogP contribution in [0.3, 0.4) is 0 Å². The number of nitrogens with two attached hydrogens (primary N) is 1. The van der Waals surface area contributed by atoms with Crippen LogP contribution < -0.4 is 10.6 Å². The van der Waals surface area contributed by atoms with Gasteiger partial charge in [0, 0.05) is 31.4 Å². The van der Waals surface area contributed by atoms with Crippen LogP contribution in [0.4, 0.5) is 5.82 Å². The van der Waals surface area contributed by atoms with Gasteiger partial charge < -0.3 is 15.5 Å². The van der Waals surface area contributed by atoms with Gasteiger partial charge in [0.05, 0.1) is 0 Å². The van der Waals surface area contributed by atoms with Gasteiger partial charge in [0.15, 0.2) is 0 Å². The molecule has 4 nitrogen and oxygen atoms in total. The second kappa shape index (κ2) is 5.63. The molecule has 1 atom stereocenters. The predicted octanol–water partition coefficient (Wildman–Crippen LogP) is 1.25. The zero-order valence-corrected chi connectivity index (χ0v) is 11.8. The number of thiocarbonyl (C=S) groups is 1. The Morgan fingerprint density at radius 3 is 2.89 bits per heavy atom. The molecule has 0 aliphatic carbocycles. The summed E-state index contributed by atoms with van der Waals surface area (Å²) in [5.41, 5.74) is 6.39. The summed E-state index contributed by atoms with van der Waals surface area (Å²) in [5, 5.41) is 0. The van der Waals surface area contributed by atoms with Crippen LogP contribution in [0.15, 0.2) is 18.3 Å². The molecule has 0 spiro atoms. The standard InChI is InChI=1S/C13H20N4S/c1-16-7-3-4-11(9-16)17(2)12-6-5-10(8-15-12)13(14)18/h5-6,8,11H,3-4,7,9H2,1-2H3,(H2,14,18). The zero-order valence-electron chi connectivity index (χ0n) is 11.0. The molecular weight excluding hydrogens is 244 g/mol. The maximum atomic E-state index is 5.57. The monoisotopic (exact) mass is 264 g/mol. The molecule has 1 saturated heterocycles. The highest BCUT2D eigenvalue weighted by molar-refractivity contribution is 7.80. The number of pyridine rings is 1. The lowest BCUT2D eigenvalue weighted by Crippen LogP contribution is -2.45. The molecule has 5 heteroatoms. The van der Waals surface area contributed by atoms with Crippen molar-refractivity contribution in [2.24, 2.45) is 5.73 Å². The lowest BCUT2D eigenvalue weighted by atomic mass is 10.1. The van der Waals surface area contributed by atoms with Gasteiger partial charge in [-0.2, -0.15) is 0 Å². The van der Waals surface area contributed by atoms with Crippen molar-refractivity contribution in [3.05, 3.63) is 23.9 Å². The van der Waals surface area contributed by atoms with E-state index in [0.717, 1.165) is 17.9 Å². The second-order valence-electron chi connectivity index (χ2n) is 4.94. The van der Waals surface area contributed by atoms with Crippen LogP contribution in [-0.4, -0.2) is 48.1 Å². The molecule has 98 valence electrons. The molecule has 0 bridgehead atoms. The van der Waals surface area contributed by atoms with E-state index in [4.69, 9.17) is 18.0 Å². The summed E-state index contributed by atoms with van der Waals surface area (Å²) >= 11 is 4.93. The molecule has 1 aliphatic heterocycles. The topological polar surface area (TPSA) is 45.4 Å². The normalized spacial score (nSPS) is 20.7. The van der Waals surface area contributed by atoms with Gasteiger partial charge >= 0.3 is 0 Å². The Bertz CT molecular complexity index is 418. The van der Waals surface area contributed by atoms with Gasteiger partial charge in [-0.15, -0.1) is 0 Å². The molecule has 0 aromatic carbocycles. The van der Waals surface area contributed by atoms with Crippen LogP contribution in [-0.2, 0) is 0 Å². The highest BCUT2D eigenvalue weighted by atomic mass is 32.1.